The van der Waals surface area contributed by atoms with Crippen LogP contribution in [0.3, 0.4) is 0 Å². The molecule has 0 spiro atoms. The molecular formula is C10H12F2N2O2S. The van der Waals surface area contributed by atoms with Crippen molar-refractivity contribution in [2.24, 2.45) is 0 Å². The van der Waals surface area contributed by atoms with E-state index in [0.717, 1.165) is 12.3 Å². The third kappa shape index (κ3) is 3.85. The van der Waals surface area contributed by atoms with E-state index in [1.165, 1.54) is 6.26 Å². The summed E-state index contributed by atoms with van der Waals surface area (Å²) in [5.74, 6) is -3.10. The molecule has 94 valence electrons. The fourth-order valence-electron chi connectivity index (χ4n) is 1.29. The summed E-state index contributed by atoms with van der Waals surface area (Å²) in [6, 6.07) is 0.701. The number of carbonyl (C=O) groups excluding carboxylic acids is 1. The Bertz CT molecular complexity index is 454. The molecule has 0 aliphatic heterocycles. The zero-order valence-electron chi connectivity index (χ0n) is 9.37. The van der Waals surface area contributed by atoms with Crippen molar-refractivity contribution in [3.63, 3.8) is 0 Å². The molecule has 1 aromatic heterocycles. The van der Waals surface area contributed by atoms with Gasteiger partial charge in [0.1, 0.15) is 0 Å². The van der Waals surface area contributed by atoms with Crippen molar-refractivity contribution in [1.82, 2.24) is 10.3 Å². The fourth-order valence-corrected chi connectivity index (χ4v) is 2.08. The summed E-state index contributed by atoms with van der Waals surface area (Å²) < 4.78 is 36.9. The number of nitrogens with zero attached hydrogens (tertiary/aromatic N) is 1. The Morgan fingerprint density at radius 2 is 2.24 bits per heavy atom. The topological polar surface area (TPSA) is 59.1 Å². The van der Waals surface area contributed by atoms with Gasteiger partial charge in [-0.05, 0) is 13.0 Å². The monoisotopic (exact) mass is 262 g/mol. The molecule has 0 saturated heterocycles. The minimum atomic E-state index is -1.32. The minimum Gasteiger partial charge on any atom is -0.349 e. The lowest BCUT2D eigenvalue weighted by atomic mass is 10.2. The van der Waals surface area contributed by atoms with Crippen LogP contribution in [0.4, 0.5) is 8.78 Å². The van der Waals surface area contributed by atoms with Crippen molar-refractivity contribution in [1.29, 1.82) is 0 Å². The number of amides is 1. The average Bonchev–Trinajstić information content (AvgIpc) is 2.20. The van der Waals surface area contributed by atoms with E-state index >= 15 is 0 Å². The van der Waals surface area contributed by atoms with Gasteiger partial charge in [0.25, 0.3) is 5.91 Å². The first-order valence-corrected chi connectivity index (χ1v) is 6.55. The highest BCUT2D eigenvalue weighted by atomic mass is 32.2. The number of nitrogens with one attached hydrogen (secondary N) is 1. The van der Waals surface area contributed by atoms with E-state index in [4.69, 9.17) is 0 Å². The van der Waals surface area contributed by atoms with Crippen LogP contribution in [0.5, 0.6) is 0 Å². The molecule has 0 aliphatic rings. The number of hydrogen-bond donors (Lipinski definition) is 1. The lowest BCUT2D eigenvalue weighted by Crippen LogP contribution is -2.36. The summed E-state index contributed by atoms with van der Waals surface area (Å²) in [7, 11) is -1.07. The van der Waals surface area contributed by atoms with E-state index in [2.05, 4.69) is 10.3 Å². The van der Waals surface area contributed by atoms with Gasteiger partial charge in [0.05, 0.1) is 5.56 Å². The molecule has 1 amide bonds. The molecule has 0 aliphatic carbocycles. The lowest BCUT2D eigenvalue weighted by molar-refractivity contribution is 0.0938. The Morgan fingerprint density at radius 3 is 2.82 bits per heavy atom. The molecule has 1 aromatic rings. The Morgan fingerprint density at radius 1 is 1.59 bits per heavy atom. The summed E-state index contributed by atoms with van der Waals surface area (Å²) in [6.45, 7) is 1.63. The van der Waals surface area contributed by atoms with Crippen molar-refractivity contribution in [2.45, 2.75) is 13.0 Å². The van der Waals surface area contributed by atoms with Crippen LogP contribution in [0, 0.1) is 11.8 Å². The van der Waals surface area contributed by atoms with E-state index in [9.17, 15) is 17.8 Å². The summed E-state index contributed by atoms with van der Waals surface area (Å²) in [5.41, 5.74) is -0.411. The first kappa shape index (κ1) is 13.7. The van der Waals surface area contributed by atoms with Crippen LogP contribution >= 0.6 is 0 Å². The maximum absolute atomic E-state index is 13.2. The quantitative estimate of drug-likeness (QED) is 0.819. The van der Waals surface area contributed by atoms with Crippen molar-refractivity contribution >= 4 is 16.7 Å². The third-order valence-corrected chi connectivity index (χ3v) is 2.92. The van der Waals surface area contributed by atoms with Crippen molar-refractivity contribution in [2.75, 3.05) is 12.0 Å². The van der Waals surface area contributed by atoms with Crippen LogP contribution in [0.1, 0.15) is 17.3 Å². The number of pyridine rings is 1. The second-order valence-electron chi connectivity index (χ2n) is 3.58. The average molecular weight is 262 g/mol. The molecular weight excluding hydrogens is 250 g/mol. The van der Waals surface area contributed by atoms with Crippen molar-refractivity contribution < 1.29 is 17.8 Å². The molecule has 0 radical (unpaired) electrons. The molecule has 0 fully saturated rings. The van der Waals surface area contributed by atoms with Gasteiger partial charge in [0.15, 0.2) is 5.82 Å². The molecule has 0 bridgehead atoms. The Balaban J connectivity index is 2.77. The number of aromatic nitrogens is 1. The maximum Gasteiger partial charge on any atom is 0.254 e. The smallest absolute Gasteiger partial charge is 0.254 e. The lowest BCUT2D eigenvalue weighted by Gasteiger charge is -2.12. The van der Waals surface area contributed by atoms with Crippen LogP contribution in [-0.2, 0) is 10.8 Å². The summed E-state index contributed by atoms with van der Waals surface area (Å²) in [5, 5.41) is 2.43. The van der Waals surface area contributed by atoms with Gasteiger partial charge in [-0.25, -0.2) is 9.37 Å². The van der Waals surface area contributed by atoms with Crippen LogP contribution in [-0.4, -0.2) is 33.2 Å². The van der Waals surface area contributed by atoms with Gasteiger partial charge in [-0.1, -0.05) is 0 Å². The molecule has 1 N–H and O–H groups in total. The van der Waals surface area contributed by atoms with Crippen molar-refractivity contribution in [3.8, 4) is 0 Å². The van der Waals surface area contributed by atoms with Gasteiger partial charge in [-0.2, -0.15) is 4.39 Å². The van der Waals surface area contributed by atoms with Crippen molar-refractivity contribution in [3.05, 3.63) is 29.6 Å². The SMILES string of the molecule is CC(CS(C)=O)NC(=O)c1ccnc(F)c1F. The van der Waals surface area contributed by atoms with E-state index < -0.39 is 34.0 Å². The van der Waals surface area contributed by atoms with E-state index in [1.807, 2.05) is 0 Å². The van der Waals surface area contributed by atoms with Gasteiger partial charge >= 0.3 is 0 Å². The minimum absolute atomic E-state index is 0.251. The number of rotatable bonds is 4. The highest BCUT2D eigenvalue weighted by Gasteiger charge is 2.17. The van der Waals surface area contributed by atoms with Gasteiger partial charge < -0.3 is 5.32 Å². The zero-order valence-corrected chi connectivity index (χ0v) is 10.2. The predicted octanol–water partition coefficient (Wildman–Crippen LogP) is 0.857. The van der Waals surface area contributed by atoms with Gasteiger partial charge in [0.2, 0.25) is 5.95 Å². The Labute approximate surface area is 99.9 Å². The number of hydrogen-bond acceptors (Lipinski definition) is 3. The second-order valence-corrected chi connectivity index (χ2v) is 5.06. The molecule has 17 heavy (non-hydrogen) atoms. The second kappa shape index (κ2) is 5.81. The molecule has 0 saturated carbocycles. The highest BCUT2D eigenvalue weighted by molar-refractivity contribution is 7.84. The standard InChI is InChI=1S/C10H12F2N2O2S/c1-6(5-17(2)16)14-10(15)7-3-4-13-9(12)8(7)11/h3-4,6H,5H2,1-2H3,(H,14,15). The maximum atomic E-state index is 13.2. The van der Waals surface area contributed by atoms with Gasteiger partial charge in [0, 0.05) is 35.0 Å². The fraction of sp³-hybridized carbons (Fsp3) is 0.400. The largest absolute Gasteiger partial charge is 0.349 e. The molecule has 2 atom stereocenters. The summed E-state index contributed by atoms with van der Waals surface area (Å²) in [6.07, 6.45) is 2.51. The Kier molecular flexibility index (Phi) is 4.68. The normalized spacial score (nSPS) is 14.1. The Hall–Kier alpha value is -1.37. The predicted molar refractivity (Wildman–Crippen MR) is 60.0 cm³/mol. The molecule has 7 heteroatoms. The molecule has 0 aromatic carbocycles. The van der Waals surface area contributed by atoms with E-state index in [0.29, 0.717) is 0 Å². The summed E-state index contributed by atoms with van der Waals surface area (Å²) >= 11 is 0. The van der Waals surface area contributed by atoms with Gasteiger partial charge in [-0.3, -0.25) is 9.00 Å². The van der Waals surface area contributed by atoms with Crippen LogP contribution in [0.2, 0.25) is 0 Å². The van der Waals surface area contributed by atoms with Crippen LogP contribution in [0.15, 0.2) is 12.3 Å². The van der Waals surface area contributed by atoms with Gasteiger partial charge in [-0.15, -0.1) is 0 Å². The van der Waals surface area contributed by atoms with Crippen LogP contribution in [0.25, 0.3) is 0 Å². The summed E-state index contributed by atoms with van der Waals surface area (Å²) in [4.78, 5) is 14.6. The molecule has 2 unspecified atom stereocenters. The molecule has 1 heterocycles. The first-order chi connectivity index (χ1) is 7.91. The zero-order chi connectivity index (χ0) is 13.0. The first-order valence-electron chi connectivity index (χ1n) is 4.82. The molecule has 1 rings (SSSR count). The molecule has 4 nitrogen and oxygen atoms in total. The van der Waals surface area contributed by atoms with E-state index in [-0.39, 0.29) is 11.8 Å². The van der Waals surface area contributed by atoms with Crippen LogP contribution < -0.4 is 5.32 Å². The van der Waals surface area contributed by atoms with E-state index in [1.54, 1.807) is 6.92 Å². The number of carbonyl (C=O) groups is 1. The third-order valence-electron chi connectivity index (χ3n) is 1.95. The number of halogens is 2. The highest BCUT2D eigenvalue weighted by Crippen LogP contribution is 2.08.